The molecule has 0 atom stereocenters. The van der Waals surface area contributed by atoms with Gasteiger partial charge in [-0.05, 0) is 6.07 Å². The first kappa shape index (κ1) is 9.85. The van der Waals surface area contributed by atoms with Crippen LogP contribution in [0.5, 0.6) is 0 Å². The molecule has 0 fully saturated rings. The number of benzene rings is 1. The van der Waals surface area contributed by atoms with Crippen molar-refractivity contribution in [3.05, 3.63) is 39.4 Å². The average Bonchev–Trinajstić information content (AvgIpc) is 2.16. The monoisotopic (exact) mass is 243 g/mol. The van der Waals surface area contributed by atoms with Crippen molar-refractivity contribution in [2.24, 2.45) is 0 Å². The molecule has 0 N–H and O–H groups in total. The Hall–Kier alpha value is -1.23. The smallest absolute Gasteiger partial charge is 0.283 e. The Morgan fingerprint density at radius 1 is 1.54 bits per heavy atom. The van der Waals surface area contributed by atoms with Crippen LogP contribution < -0.4 is 0 Å². The van der Waals surface area contributed by atoms with Crippen LogP contribution in [-0.2, 0) is 5.33 Å². The zero-order chi connectivity index (χ0) is 9.84. The van der Waals surface area contributed by atoms with Gasteiger partial charge in [0.05, 0.1) is 10.5 Å². The van der Waals surface area contributed by atoms with Gasteiger partial charge in [-0.15, -0.1) is 0 Å². The Kier molecular flexibility index (Phi) is 3.13. The SMILES string of the molecule is O=Cc1cccc(CBr)c1[N+](=O)[O-]. The van der Waals surface area contributed by atoms with E-state index >= 15 is 0 Å². The highest BCUT2D eigenvalue weighted by molar-refractivity contribution is 9.08. The van der Waals surface area contributed by atoms with Gasteiger partial charge in [-0.25, -0.2) is 0 Å². The normalized spacial score (nSPS) is 9.62. The summed E-state index contributed by atoms with van der Waals surface area (Å²) in [5, 5.41) is 11.0. The number of nitrogens with zero attached hydrogens (tertiary/aromatic N) is 1. The minimum absolute atomic E-state index is 0.113. The van der Waals surface area contributed by atoms with Gasteiger partial charge in [-0.2, -0.15) is 0 Å². The van der Waals surface area contributed by atoms with Crippen molar-refractivity contribution in [3.8, 4) is 0 Å². The molecule has 0 radical (unpaired) electrons. The van der Waals surface area contributed by atoms with E-state index in [1.54, 1.807) is 12.1 Å². The number of halogens is 1. The maximum Gasteiger partial charge on any atom is 0.283 e. The first-order chi connectivity index (χ1) is 6.20. The van der Waals surface area contributed by atoms with Gasteiger partial charge >= 0.3 is 0 Å². The summed E-state index contributed by atoms with van der Waals surface area (Å²) in [5.74, 6) is 0. The molecule has 0 unspecified atom stereocenters. The predicted octanol–water partition coefficient (Wildman–Crippen LogP) is 2.30. The molecule has 0 aliphatic rings. The molecule has 0 saturated carbocycles. The molecule has 0 heterocycles. The van der Waals surface area contributed by atoms with Crippen LogP contribution in [0.4, 0.5) is 5.69 Å². The van der Waals surface area contributed by atoms with Crippen molar-refractivity contribution in [3.63, 3.8) is 0 Å². The van der Waals surface area contributed by atoms with E-state index in [1.807, 2.05) is 0 Å². The molecule has 5 heteroatoms. The molecule has 0 aliphatic heterocycles. The molecule has 1 aromatic carbocycles. The second kappa shape index (κ2) is 4.13. The lowest BCUT2D eigenvalue weighted by atomic mass is 10.1. The maximum atomic E-state index is 10.6. The van der Waals surface area contributed by atoms with Gasteiger partial charge in [0, 0.05) is 10.9 Å². The van der Waals surface area contributed by atoms with Gasteiger partial charge in [0.25, 0.3) is 5.69 Å². The number of nitro benzene ring substituents is 1. The third kappa shape index (κ3) is 1.92. The largest absolute Gasteiger partial charge is 0.298 e. The highest BCUT2D eigenvalue weighted by Gasteiger charge is 2.17. The highest BCUT2D eigenvalue weighted by Crippen LogP contribution is 2.24. The van der Waals surface area contributed by atoms with Crippen LogP contribution in [0, 0.1) is 10.1 Å². The molecule has 4 nitrogen and oxygen atoms in total. The molecule has 0 saturated heterocycles. The molecular formula is C8H6BrNO3. The van der Waals surface area contributed by atoms with E-state index < -0.39 is 4.92 Å². The lowest BCUT2D eigenvalue weighted by Gasteiger charge is -1.99. The molecule has 0 spiro atoms. The summed E-state index contributed by atoms with van der Waals surface area (Å²) in [6.07, 6.45) is 0.490. The average molecular weight is 244 g/mol. The summed E-state index contributed by atoms with van der Waals surface area (Å²) < 4.78 is 0. The number of rotatable bonds is 3. The van der Waals surface area contributed by atoms with Crippen molar-refractivity contribution >= 4 is 27.9 Å². The van der Waals surface area contributed by atoms with E-state index in [0.717, 1.165) is 0 Å². The van der Waals surface area contributed by atoms with Crippen LogP contribution in [0.2, 0.25) is 0 Å². The fourth-order valence-corrected chi connectivity index (χ4v) is 1.49. The van der Waals surface area contributed by atoms with Gasteiger partial charge in [-0.1, -0.05) is 28.1 Å². The zero-order valence-corrected chi connectivity index (χ0v) is 8.15. The number of carbonyl (C=O) groups excluding carboxylic acids is 1. The molecule has 0 aliphatic carbocycles. The summed E-state index contributed by atoms with van der Waals surface area (Å²) >= 11 is 3.12. The second-order valence-corrected chi connectivity index (χ2v) is 2.92. The van der Waals surface area contributed by atoms with Gasteiger partial charge in [0.1, 0.15) is 0 Å². The summed E-state index contributed by atoms with van der Waals surface area (Å²) in [6, 6.07) is 4.66. The molecule has 0 amide bonds. The Labute approximate surface area is 82.8 Å². The Bertz CT molecular complexity index is 351. The van der Waals surface area contributed by atoms with E-state index in [4.69, 9.17) is 0 Å². The van der Waals surface area contributed by atoms with Crippen molar-refractivity contribution in [1.29, 1.82) is 0 Å². The Morgan fingerprint density at radius 3 is 2.69 bits per heavy atom. The molecule has 68 valence electrons. The quantitative estimate of drug-likeness (QED) is 0.354. The third-order valence-electron chi connectivity index (χ3n) is 1.60. The van der Waals surface area contributed by atoms with Gasteiger partial charge in [0.2, 0.25) is 0 Å². The number of hydrogen-bond acceptors (Lipinski definition) is 3. The van der Waals surface area contributed by atoms with Gasteiger partial charge < -0.3 is 0 Å². The minimum atomic E-state index is -0.541. The summed E-state index contributed by atoms with van der Waals surface area (Å²) in [4.78, 5) is 20.5. The Morgan fingerprint density at radius 2 is 2.23 bits per heavy atom. The fourth-order valence-electron chi connectivity index (χ4n) is 1.04. The number of alkyl halides is 1. The van der Waals surface area contributed by atoms with Crippen LogP contribution in [0.25, 0.3) is 0 Å². The summed E-state index contributed by atoms with van der Waals surface area (Å²) in [7, 11) is 0. The first-order valence-electron chi connectivity index (χ1n) is 3.48. The number of nitro groups is 1. The number of para-hydroxylation sites is 1. The minimum Gasteiger partial charge on any atom is -0.298 e. The second-order valence-electron chi connectivity index (χ2n) is 2.36. The predicted molar refractivity (Wildman–Crippen MR) is 51.1 cm³/mol. The highest BCUT2D eigenvalue weighted by atomic mass is 79.9. The number of hydrogen-bond donors (Lipinski definition) is 0. The van der Waals surface area contributed by atoms with Crippen molar-refractivity contribution in [2.75, 3.05) is 0 Å². The number of aldehydes is 1. The molecule has 13 heavy (non-hydrogen) atoms. The fraction of sp³-hybridized carbons (Fsp3) is 0.125. The van der Waals surface area contributed by atoms with Crippen LogP contribution in [0.3, 0.4) is 0 Å². The van der Waals surface area contributed by atoms with E-state index in [1.165, 1.54) is 6.07 Å². The third-order valence-corrected chi connectivity index (χ3v) is 2.21. The van der Waals surface area contributed by atoms with Crippen LogP contribution in [0.1, 0.15) is 15.9 Å². The van der Waals surface area contributed by atoms with E-state index in [0.29, 0.717) is 17.2 Å². The molecular weight excluding hydrogens is 238 g/mol. The standard InChI is InChI=1S/C8H6BrNO3/c9-4-6-2-1-3-7(5-11)8(6)10(12)13/h1-3,5H,4H2. The van der Waals surface area contributed by atoms with Gasteiger partial charge in [0.15, 0.2) is 6.29 Å². The summed E-state index contributed by atoms with van der Waals surface area (Å²) in [6.45, 7) is 0. The maximum absolute atomic E-state index is 10.6. The van der Waals surface area contributed by atoms with Gasteiger partial charge in [-0.3, -0.25) is 14.9 Å². The summed E-state index contributed by atoms with van der Waals surface area (Å²) in [5.41, 5.74) is 0.505. The van der Waals surface area contributed by atoms with Crippen molar-refractivity contribution in [1.82, 2.24) is 0 Å². The lowest BCUT2D eigenvalue weighted by Crippen LogP contribution is -1.98. The van der Waals surface area contributed by atoms with Crippen molar-refractivity contribution in [2.45, 2.75) is 5.33 Å². The number of carbonyl (C=O) groups is 1. The van der Waals surface area contributed by atoms with Crippen LogP contribution >= 0.6 is 15.9 Å². The molecule has 1 rings (SSSR count). The van der Waals surface area contributed by atoms with Crippen molar-refractivity contribution < 1.29 is 9.72 Å². The van der Waals surface area contributed by atoms with E-state index in [9.17, 15) is 14.9 Å². The zero-order valence-electron chi connectivity index (χ0n) is 6.57. The lowest BCUT2D eigenvalue weighted by molar-refractivity contribution is -0.385. The molecule has 0 bridgehead atoms. The first-order valence-corrected chi connectivity index (χ1v) is 4.60. The van der Waals surface area contributed by atoms with Crippen LogP contribution in [0.15, 0.2) is 18.2 Å². The topological polar surface area (TPSA) is 60.2 Å². The Balaban J connectivity index is 3.38. The molecule has 0 aromatic heterocycles. The van der Waals surface area contributed by atoms with E-state index in [-0.39, 0.29) is 11.3 Å². The van der Waals surface area contributed by atoms with E-state index in [2.05, 4.69) is 15.9 Å². The molecule has 1 aromatic rings. The van der Waals surface area contributed by atoms with Crippen LogP contribution in [-0.4, -0.2) is 11.2 Å².